The maximum atomic E-state index is 13.9. The van der Waals surface area contributed by atoms with E-state index in [4.69, 9.17) is 14.2 Å². The third-order valence-electron chi connectivity index (χ3n) is 6.34. The highest BCUT2D eigenvalue weighted by Gasteiger charge is 2.56. The Balaban J connectivity index is 1.49. The Morgan fingerprint density at radius 3 is 2.44 bits per heavy atom. The van der Waals surface area contributed by atoms with Gasteiger partial charge in [0.15, 0.2) is 6.61 Å². The third kappa shape index (κ3) is 5.09. The Bertz CT molecular complexity index is 1500. The molecule has 2 aromatic carbocycles. The molecule has 2 aliphatic heterocycles. The summed E-state index contributed by atoms with van der Waals surface area (Å²) in [5, 5.41) is -0.219. The van der Waals surface area contributed by atoms with Crippen molar-refractivity contribution in [3.05, 3.63) is 74.2 Å². The van der Waals surface area contributed by atoms with Crippen molar-refractivity contribution in [3.63, 3.8) is 0 Å². The number of H-pyrrole nitrogens is 1. The van der Waals surface area contributed by atoms with Crippen LogP contribution in [-0.2, 0) is 23.9 Å². The van der Waals surface area contributed by atoms with Crippen LogP contribution >= 0.6 is 23.1 Å². The van der Waals surface area contributed by atoms with Crippen LogP contribution < -0.4 is 14.5 Å². The summed E-state index contributed by atoms with van der Waals surface area (Å²) in [6.45, 7) is 3.59. The van der Waals surface area contributed by atoms with Gasteiger partial charge in [-0.05, 0) is 55.8 Å². The predicted molar refractivity (Wildman–Crippen MR) is 143 cm³/mol. The van der Waals surface area contributed by atoms with Gasteiger partial charge in [-0.3, -0.25) is 14.4 Å². The summed E-state index contributed by atoms with van der Waals surface area (Å²) < 4.78 is 15.5. The normalized spacial score (nSPS) is 19.8. The van der Waals surface area contributed by atoms with E-state index in [2.05, 4.69) is 4.98 Å². The largest absolute Gasteiger partial charge is 0.482 e. The van der Waals surface area contributed by atoms with Gasteiger partial charge >= 0.3 is 16.8 Å². The van der Waals surface area contributed by atoms with Gasteiger partial charge < -0.3 is 19.2 Å². The molecule has 0 radical (unpaired) electrons. The van der Waals surface area contributed by atoms with Crippen LogP contribution in [0.25, 0.3) is 0 Å². The van der Waals surface area contributed by atoms with Gasteiger partial charge in [-0.25, -0.2) is 14.5 Å². The number of nitrogens with one attached hydrogen (secondary N) is 1. The number of nitrogens with zero attached hydrogens (tertiary/aromatic N) is 1. The minimum atomic E-state index is -0.786. The Labute approximate surface area is 231 Å². The number of hydrogen-bond acceptors (Lipinski definition) is 10. The molecule has 2 aliphatic rings. The van der Waals surface area contributed by atoms with Gasteiger partial charge in [-0.2, -0.15) is 0 Å². The van der Waals surface area contributed by atoms with Crippen molar-refractivity contribution >= 4 is 52.5 Å². The topological polar surface area (TPSA) is 132 Å². The molecule has 10 nitrogen and oxygen atoms in total. The highest BCUT2D eigenvalue weighted by atomic mass is 32.2. The second-order valence-electron chi connectivity index (χ2n) is 8.70. The first-order valence-corrected chi connectivity index (χ1v) is 13.9. The number of hydrogen-bond donors (Lipinski definition) is 1. The van der Waals surface area contributed by atoms with Gasteiger partial charge in [0.2, 0.25) is 11.8 Å². The summed E-state index contributed by atoms with van der Waals surface area (Å²) in [5.74, 6) is -2.81. The Morgan fingerprint density at radius 2 is 1.72 bits per heavy atom. The molecule has 202 valence electrons. The summed E-state index contributed by atoms with van der Waals surface area (Å²) >= 11 is 2.17. The molecular formula is C27H24N2O8S2. The first kappa shape index (κ1) is 26.7. The summed E-state index contributed by atoms with van der Waals surface area (Å²) in [5.41, 5.74) is 1.32. The average Bonchev–Trinajstić information content (AvgIpc) is 3.42. The molecule has 0 aliphatic carbocycles. The molecule has 0 saturated carbocycles. The molecular weight excluding hydrogens is 544 g/mol. The summed E-state index contributed by atoms with van der Waals surface area (Å²) in [6, 6.07) is 13.0. The molecule has 1 aromatic heterocycles. The second kappa shape index (κ2) is 11.1. The zero-order valence-corrected chi connectivity index (χ0v) is 22.6. The Morgan fingerprint density at radius 1 is 0.974 bits per heavy atom. The predicted octanol–water partition coefficient (Wildman–Crippen LogP) is 3.35. The van der Waals surface area contributed by atoms with Crippen molar-refractivity contribution in [3.8, 4) is 5.75 Å². The van der Waals surface area contributed by atoms with E-state index in [1.54, 1.807) is 50.2 Å². The molecule has 3 atom stereocenters. The van der Waals surface area contributed by atoms with E-state index in [9.17, 15) is 24.0 Å². The maximum absolute atomic E-state index is 13.9. The van der Waals surface area contributed by atoms with Crippen molar-refractivity contribution in [1.82, 2.24) is 4.98 Å². The van der Waals surface area contributed by atoms with Gasteiger partial charge in [-0.1, -0.05) is 35.2 Å². The van der Waals surface area contributed by atoms with E-state index >= 15 is 0 Å². The van der Waals surface area contributed by atoms with Crippen LogP contribution in [0, 0.1) is 5.92 Å². The molecule has 3 heterocycles. The molecule has 12 heteroatoms. The van der Waals surface area contributed by atoms with Crippen molar-refractivity contribution in [1.29, 1.82) is 0 Å². The average molecular weight is 569 g/mol. The van der Waals surface area contributed by atoms with Gasteiger partial charge in [-0.15, -0.1) is 0 Å². The van der Waals surface area contributed by atoms with E-state index in [1.807, 2.05) is 0 Å². The fraction of sp³-hybridized carbons (Fsp3) is 0.296. The van der Waals surface area contributed by atoms with Gasteiger partial charge in [0.05, 0.1) is 35.4 Å². The van der Waals surface area contributed by atoms with Crippen LogP contribution in [0.3, 0.4) is 0 Å². The van der Waals surface area contributed by atoms with Crippen LogP contribution in [0.2, 0.25) is 0 Å². The molecule has 3 aromatic rings. The van der Waals surface area contributed by atoms with E-state index in [-0.39, 0.29) is 24.7 Å². The number of fused-ring (bicyclic) bond motifs is 2. The van der Waals surface area contributed by atoms with E-state index in [0.29, 0.717) is 32.5 Å². The highest BCUT2D eigenvalue weighted by molar-refractivity contribution is 8.00. The molecule has 1 fully saturated rings. The Kier molecular flexibility index (Phi) is 7.58. The van der Waals surface area contributed by atoms with Crippen LogP contribution in [0.15, 0.2) is 58.4 Å². The number of amides is 2. The standard InChI is InChI=1S/C27H24N2O8S2/c1-3-35-18(30)13-37-17-7-5-6-15(12-17)19-20-22(38-23-21(19)39-27(34)28-23)25(32)29(24(20)31)16-10-8-14(9-11-16)26(33)36-4-2/h5-12,19-20,22H,3-4,13H2,1-2H3,(H,28,34)/t19-,20-,22+/m0/s1. The zero-order valence-electron chi connectivity index (χ0n) is 21.0. The lowest BCUT2D eigenvalue weighted by atomic mass is 9.83. The Hall–Kier alpha value is -3.90. The number of aromatic nitrogens is 1. The number of benzene rings is 2. The minimum absolute atomic E-state index is 0.229. The number of anilines is 1. The lowest BCUT2D eigenvalue weighted by Crippen LogP contribution is -2.32. The fourth-order valence-corrected chi connectivity index (χ4v) is 7.25. The number of carbonyl (C=O) groups is 4. The molecule has 0 unspecified atom stereocenters. The van der Waals surface area contributed by atoms with Crippen molar-refractivity contribution < 1.29 is 33.4 Å². The summed E-state index contributed by atoms with van der Waals surface area (Å²) in [6.07, 6.45) is 0. The maximum Gasteiger partial charge on any atom is 0.344 e. The number of rotatable bonds is 8. The zero-order chi connectivity index (χ0) is 27.7. The lowest BCUT2D eigenvalue weighted by Gasteiger charge is -2.30. The highest BCUT2D eigenvalue weighted by Crippen LogP contribution is 2.53. The van der Waals surface area contributed by atoms with Gasteiger partial charge in [0.1, 0.15) is 11.0 Å². The number of carbonyl (C=O) groups excluding carboxylic acids is 4. The fourth-order valence-electron chi connectivity index (χ4n) is 4.73. The number of imide groups is 1. The lowest BCUT2D eigenvalue weighted by molar-refractivity contribution is -0.145. The number of aromatic amines is 1. The van der Waals surface area contributed by atoms with Crippen LogP contribution in [0.1, 0.15) is 40.6 Å². The van der Waals surface area contributed by atoms with E-state index in [0.717, 1.165) is 16.2 Å². The van der Waals surface area contributed by atoms with Crippen molar-refractivity contribution in [2.45, 2.75) is 30.0 Å². The van der Waals surface area contributed by atoms with Gasteiger partial charge in [0, 0.05) is 10.8 Å². The summed E-state index contributed by atoms with van der Waals surface area (Å²) in [4.78, 5) is 67.9. The van der Waals surface area contributed by atoms with E-state index in [1.165, 1.54) is 23.9 Å². The molecule has 0 spiro atoms. The smallest absolute Gasteiger partial charge is 0.344 e. The SMILES string of the molecule is CCOC(=O)COc1cccc([C@@H]2c3sc(=O)[nH]c3S[C@H]3C(=O)N(c4ccc(C(=O)OCC)cc4)C(=O)[C@@H]23)c1. The van der Waals surface area contributed by atoms with Crippen LogP contribution in [0.5, 0.6) is 5.75 Å². The number of ether oxygens (including phenoxy) is 3. The van der Waals surface area contributed by atoms with Crippen molar-refractivity contribution in [2.75, 3.05) is 24.7 Å². The quantitative estimate of drug-likeness (QED) is 0.321. The number of thiazole rings is 1. The van der Waals surface area contributed by atoms with Gasteiger partial charge in [0.25, 0.3) is 0 Å². The molecule has 5 rings (SSSR count). The van der Waals surface area contributed by atoms with E-state index < -0.39 is 40.8 Å². The van der Waals surface area contributed by atoms with Crippen LogP contribution in [0.4, 0.5) is 5.69 Å². The molecule has 2 amide bonds. The number of esters is 2. The minimum Gasteiger partial charge on any atom is -0.482 e. The monoisotopic (exact) mass is 568 g/mol. The first-order valence-electron chi connectivity index (χ1n) is 12.2. The molecule has 0 bridgehead atoms. The molecule has 1 saturated heterocycles. The first-order chi connectivity index (χ1) is 18.8. The molecule has 1 N–H and O–H groups in total. The second-order valence-corrected chi connectivity index (χ2v) is 10.9. The summed E-state index contributed by atoms with van der Waals surface area (Å²) in [7, 11) is 0. The third-order valence-corrected chi connectivity index (χ3v) is 8.74. The van der Waals surface area contributed by atoms with Crippen molar-refractivity contribution in [2.24, 2.45) is 5.92 Å². The number of thioether (sulfide) groups is 1. The molecule has 39 heavy (non-hydrogen) atoms. The van der Waals surface area contributed by atoms with Crippen LogP contribution in [-0.4, -0.2) is 53.8 Å².